The predicted molar refractivity (Wildman–Crippen MR) is 97.9 cm³/mol. The zero-order chi connectivity index (χ0) is 19.0. The summed E-state index contributed by atoms with van der Waals surface area (Å²) in [6, 6.07) is 15.6. The van der Waals surface area contributed by atoms with E-state index in [9.17, 15) is 15.2 Å². The van der Waals surface area contributed by atoms with Gasteiger partial charge >= 0.3 is 5.69 Å². The number of hydrogen-bond acceptors (Lipinski definition) is 6. The summed E-state index contributed by atoms with van der Waals surface area (Å²) in [5.74, 6) is 0.440. The van der Waals surface area contributed by atoms with E-state index >= 15 is 0 Å². The van der Waals surface area contributed by atoms with Gasteiger partial charge in [-0.15, -0.1) is 0 Å². The highest BCUT2D eigenvalue weighted by molar-refractivity contribution is 5.80. The first-order valence-electron chi connectivity index (χ1n) is 7.98. The highest BCUT2D eigenvalue weighted by Gasteiger charge is 2.17. The molecule has 0 amide bonds. The minimum Gasteiger partial charge on any atom is -0.504 e. The molecule has 0 fully saturated rings. The maximum Gasteiger partial charge on any atom is 0.332 e. The SMILES string of the molecule is COc1ccc(-c2nc(C#N)c3[nH]c(=O)n(-c4ccccc4)c3n2)cc1O. The molecule has 4 rings (SSSR count). The zero-order valence-corrected chi connectivity index (χ0v) is 14.2. The van der Waals surface area contributed by atoms with Gasteiger partial charge in [-0.3, -0.25) is 0 Å². The molecule has 2 N–H and O–H groups in total. The molecule has 4 aromatic rings. The molecule has 0 saturated carbocycles. The van der Waals surface area contributed by atoms with Gasteiger partial charge in [0.1, 0.15) is 11.6 Å². The van der Waals surface area contributed by atoms with Gasteiger partial charge in [-0.05, 0) is 30.3 Å². The second kappa shape index (κ2) is 6.31. The molecular formula is C19H13N5O3. The predicted octanol–water partition coefficient (Wildman–Crippen LogP) is 2.36. The molecule has 0 unspecified atom stereocenters. The maximum atomic E-state index is 12.5. The van der Waals surface area contributed by atoms with Crippen LogP contribution in [0.5, 0.6) is 11.5 Å². The Balaban J connectivity index is 2.00. The van der Waals surface area contributed by atoms with E-state index in [1.807, 2.05) is 12.1 Å². The van der Waals surface area contributed by atoms with E-state index in [-0.39, 0.29) is 28.4 Å². The fraction of sp³-hybridized carbons (Fsp3) is 0.0526. The molecule has 2 heterocycles. The first-order valence-corrected chi connectivity index (χ1v) is 7.98. The zero-order valence-electron chi connectivity index (χ0n) is 14.2. The molecule has 0 atom stereocenters. The van der Waals surface area contributed by atoms with Crippen molar-refractivity contribution in [2.75, 3.05) is 7.11 Å². The molecule has 8 heteroatoms. The third kappa shape index (κ3) is 2.67. The number of methoxy groups -OCH3 is 1. The monoisotopic (exact) mass is 359 g/mol. The van der Waals surface area contributed by atoms with E-state index in [4.69, 9.17) is 4.74 Å². The van der Waals surface area contributed by atoms with Crippen LogP contribution in [0.1, 0.15) is 5.69 Å². The number of H-pyrrole nitrogens is 1. The molecule has 132 valence electrons. The Morgan fingerprint density at radius 1 is 1.19 bits per heavy atom. The van der Waals surface area contributed by atoms with Crippen LogP contribution in [-0.4, -0.2) is 31.7 Å². The van der Waals surface area contributed by atoms with Gasteiger partial charge in [-0.1, -0.05) is 18.2 Å². The van der Waals surface area contributed by atoms with Crippen molar-refractivity contribution in [1.82, 2.24) is 19.5 Å². The lowest BCUT2D eigenvalue weighted by Crippen LogP contribution is -2.14. The summed E-state index contributed by atoms with van der Waals surface area (Å²) in [7, 11) is 1.45. The lowest BCUT2D eigenvalue weighted by molar-refractivity contribution is 0.373. The van der Waals surface area contributed by atoms with E-state index in [1.54, 1.807) is 36.4 Å². The van der Waals surface area contributed by atoms with Crippen LogP contribution in [0.25, 0.3) is 28.2 Å². The number of para-hydroxylation sites is 1. The van der Waals surface area contributed by atoms with Gasteiger partial charge in [0.05, 0.1) is 12.8 Å². The van der Waals surface area contributed by atoms with Crippen molar-refractivity contribution in [2.45, 2.75) is 0 Å². The number of nitrogens with zero attached hydrogens (tertiary/aromatic N) is 4. The van der Waals surface area contributed by atoms with E-state index in [1.165, 1.54) is 17.7 Å². The Labute approximate surface area is 152 Å². The summed E-state index contributed by atoms with van der Waals surface area (Å²) < 4.78 is 6.42. The Bertz CT molecular complexity index is 1250. The minimum absolute atomic E-state index is 0.0390. The van der Waals surface area contributed by atoms with Crippen LogP contribution in [0.15, 0.2) is 53.3 Å². The number of benzene rings is 2. The number of imidazole rings is 1. The fourth-order valence-electron chi connectivity index (χ4n) is 2.84. The number of nitriles is 1. The molecule has 0 saturated heterocycles. The van der Waals surface area contributed by atoms with Crippen LogP contribution in [0.2, 0.25) is 0 Å². The van der Waals surface area contributed by atoms with Gasteiger partial charge in [-0.2, -0.15) is 5.26 Å². The van der Waals surface area contributed by atoms with Gasteiger partial charge < -0.3 is 14.8 Å². The summed E-state index contributed by atoms with van der Waals surface area (Å²) in [5, 5.41) is 19.5. The number of aromatic amines is 1. The van der Waals surface area contributed by atoms with Crippen molar-refractivity contribution in [3.63, 3.8) is 0 Å². The second-order valence-electron chi connectivity index (χ2n) is 5.69. The average Bonchev–Trinajstić information content (AvgIpc) is 3.03. The largest absolute Gasteiger partial charge is 0.504 e. The van der Waals surface area contributed by atoms with Crippen molar-refractivity contribution < 1.29 is 9.84 Å². The van der Waals surface area contributed by atoms with Crippen molar-refractivity contribution in [3.8, 4) is 34.6 Å². The average molecular weight is 359 g/mol. The first kappa shape index (κ1) is 16.4. The van der Waals surface area contributed by atoms with Gasteiger partial charge in [0.25, 0.3) is 0 Å². The molecule has 0 aliphatic carbocycles. The number of fused-ring (bicyclic) bond motifs is 1. The summed E-state index contributed by atoms with van der Waals surface area (Å²) in [4.78, 5) is 23.8. The molecule has 0 radical (unpaired) electrons. The molecular weight excluding hydrogens is 346 g/mol. The van der Waals surface area contributed by atoms with E-state index in [2.05, 4.69) is 15.0 Å². The number of phenolic OH excluding ortho intramolecular Hbond substituents is 1. The van der Waals surface area contributed by atoms with Crippen molar-refractivity contribution in [1.29, 1.82) is 5.26 Å². The molecule has 2 aromatic carbocycles. The van der Waals surface area contributed by atoms with Crippen molar-refractivity contribution >= 4 is 11.2 Å². The molecule has 0 aliphatic heterocycles. The number of phenols is 1. The van der Waals surface area contributed by atoms with E-state index < -0.39 is 5.69 Å². The highest BCUT2D eigenvalue weighted by Crippen LogP contribution is 2.30. The maximum absolute atomic E-state index is 12.5. The highest BCUT2D eigenvalue weighted by atomic mass is 16.5. The second-order valence-corrected chi connectivity index (χ2v) is 5.69. The van der Waals surface area contributed by atoms with Gasteiger partial charge in [0, 0.05) is 5.56 Å². The topological polar surface area (TPSA) is 117 Å². The Hall–Kier alpha value is -4.12. The van der Waals surface area contributed by atoms with Crippen LogP contribution in [-0.2, 0) is 0 Å². The van der Waals surface area contributed by atoms with Crippen LogP contribution < -0.4 is 10.4 Å². The van der Waals surface area contributed by atoms with Crippen LogP contribution >= 0.6 is 0 Å². The molecule has 0 aliphatic rings. The van der Waals surface area contributed by atoms with E-state index in [0.717, 1.165) is 0 Å². The molecule has 0 bridgehead atoms. The third-order valence-electron chi connectivity index (χ3n) is 4.09. The number of ether oxygens (including phenoxy) is 1. The Morgan fingerprint density at radius 3 is 2.63 bits per heavy atom. The van der Waals surface area contributed by atoms with Gasteiger partial charge in [0.15, 0.2) is 28.7 Å². The standard InChI is InChI=1S/C19H13N5O3/c1-27-15-8-7-11(9-14(15)25)17-21-13(10-20)16-18(23-17)24(19(26)22-16)12-5-3-2-4-6-12/h2-9,25H,1H3,(H,22,26). The number of nitrogens with one attached hydrogen (secondary N) is 1. The number of aromatic hydroxyl groups is 1. The first-order chi connectivity index (χ1) is 13.1. The number of hydrogen-bond donors (Lipinski definition) is 2. The van der Waals surface area contributed by atoms with Crippen molar-refractivity contribution in [3.05, 3.63) is 64.7 Å². The molecule has 8 nitrogen and oxygen atoms in total. The van der Waals surface area contributed by atoms with Crippen molar-refractivity contribution in [2.24, 2.45) is 0 Å². The summed E-state index contributed by atoms with van der Waals surface area (Å²) in [6.45, 7) is 0. The minimum atomic E-state index is -0.420. The quantitative estimate of drug-likeness (QED) is 0.580. The summed E-state index contributed by atoms with van der Waals surface area (Å²) in [5.41, 5.74) is 1.25. The lowest BCUT2D eigenvalue weighted by Gasteiger charge is -2.07. The number of aromatic nitrogens is 4. The molecule has 2 aromatic heterocycles. The van der Waals surface area contributed by atoms with Crippen LogP contribution in [0.3, 0.4) is 0 Å². The van der Waals surface area contributed by atoms with Crippen LogP contribution in [0, 0.1) is 11.3 Å². The Morgan fingerprint density at radius 2 is 1.96 bits per heavy atom. The fourth-order valence-corrected chi connectivity index (χ4v) is 2.84. The lowest BCUT2D eigenvalue weighted by atomic mass is 10.2. The smallest absolute Gasteiger partial charge is 0.332 e. The normalized spacial score (nSPS) is 10.7. The molecule has 0 spiro atoms. The third-order valence-corrected chi connectivity index (χ3v) is 4.09. The summed E-state index contributed by atoms with van der Waals surface area (Å²) in [6.07, 6.45) is 0. The Kier molecular flexibility index (Phi) is 3.82. The molecule has 27 heavy (non-hydrogen) atoms. The van der Waals surface area contributed by atoms with Gasteiger partial charge in [-0.25, -0.2) is 19.3 Å². The van der Waals surface area contributed by atoms with Crippen LogP contribution in [0.4, 0.5) is 0 Å². The summed E-state index contributed by atoms with van der Waals surface area (Å²) >= 11 is 0. The van der Waals surface area contributed by atoms with E-state index in [0.29, 0.717) is 17.0 Å². The number of rotatable bonds is 3. The van der Waals surface area contributed by atoms with Gasteiger partial charge in [0.2, 0.25) is 0 Å².